The first-order valence-corrected chi connectivity index (χ1v) is 17.5. The van der Waals surface area contributed by atoms with Crippen molar-refractivity contribution in [1.29, 1.82) is 0 Å². The fourth-order valence-electron chi connectivity index (χ4n) is 7.05. The maximum atomic E-state index is 15.6. The van der Waals surface area contributed by atoms with Crippen molar-refractivity contribution in [2.75, 3.05) is 17.1 Å². The molecule has 1 spiro atoms. The third-order valence-corrected chi connectivity index (χ3v) is 9.75. The predicted octanol–water partition coefficient (Wildman–Crippen LogP) is 9.06. The average Bonchev–Trinajstić information content (AvgIpc) is 3.66. The number of para-hydroxylation sites is 2. The van der Waals surface area contributed by atoms with Crippen LogP contribution in [0.2, 0.25) is 0 Å². The van der Waals surface area contributed by atoms with Gasteiger partial charge in [0.25, 0.3) is 0 Å². The molecule has 5 aromatic rings. The molecule has 0 amide bonds. The summed E-state index contributed by atoms with van der Waals surface area (Å²) in [5.41, 5.74) is 2.46. The molecule has 0 bridgehead atoms. The first kappa shape index (κ1) is 33.3. The third-order valence-electron chi connectivity index (χ3n) is 9.22. The first-order valence-electron chi connectivity index (χ1n) is 16.7. The Balaban J connectivity index is 1.60. The number of rotatable bonds is 8. The van der Waals surface area contributed by atoms with Crippen LogP contribution in [0.1, 0.15) is 43.9 Å². The molecule has 8 heteroatoms. The molecule has 2 aliphatic rings. The second-order valence-corrected chi connectivity index (χ2v) is 14.5. The number of hydrogen-bond donors (Lipinski definition) is 0. The Morgan fingerprint density at radius 1 is 0.720 bits per heavy atom. The number of hydrazone groups is 2. The minimum Gasteiger partial charge on any atom is -0.497 e. The summed E-state index contributed by atoms with van der Waals surface area (Å²) in [4.78, 5) is 15.6. The van der Waals surface area contributed by atoms with E-state index in [2.05, 4.69) is 40.2 Å². The topological polar surface area (TPSA) is 66.7 Å². The summed E-state index contributed by atoms with van der Waals surface area (Å²) < 4.78 is 13.1. The lowest BCUT2D eigenvalue weighted by Crippen LogP contribution is -2.73. The number of hydrogen-bond acceptors (Lipinski definition) is 7. The molecule has 0 aliphatic carbocycles. The molecule has 2 aliphatic heterocycles. The molecule has 252 valence electrons. The van der Waals surface area contributed by atoms with Crippen LogP contribution in [0.15, 0.2) is 154 Å². The number of methoxy groups -OCH3 is 1. The summed E-state index contributed by atoms with van der Waals surface area (Å²) in [6.45, 7) is 5.73. The van der Waals surface area contributed by atoms with E-state index in [0.29, 0.717) is 12.1 Å². The van der Waals surface area contributed by atoms with Gasteiger partial charge in [-0.1, -0.05) is 94.8 Å². The zero-order chi connectivity index (χ0) is 34.9. The molecule has 0 saturated carbocycles. The summed E-state index contributed by atoms with van der Waals surface area (Å²) in [5.74, 6) is 0.334. The standard InChI is InChI=1S/C42H39BrN4O3/c1-40(2,3)50-39(48)42(28-30-14-8-5-9-15-30)41(29-37(31-20-24-33(43)25-21-31)44-46(41)34-16-10-6-11-17-34)38(32-22-26-36(49-4)27-23-32)45-47(42)35-18-12-7-13-19-35/h5-27H,28-29H2,1-4H3/t41-,42-/m1/s1. The Hall–Kier alpha value is -5.21. The van der Waals surface area contributed by atoms with Gasteiger partial charge in [0.05, 0.1) is 29.9 Å². The lowest BCUT2D eigenvalue weighted by atomic mass is 9.66. The SMILES string of the molecule is COc1ccc(C2=NN(c3ccccc3)[C@](Cc3ccccc3)(C(=O)OC(C)(C)C)[C@@]23CC(c2ccc(Br)cc2)=NN3c2ccccc2)cc1. The third kappa shape index (κ3) is 5.87. The van der Waals surface area contributed by atoms with Gasteiger partial charge < -0.3 is 9.47 Å². The molecule has 2 heterocycles. The lowest BCUT2D eigenvalue weighted by Gasteiger charge is -2.50. The first-order chi connectivity index (χ1) is 24.1. The highest BCUT2D eigenvalue weighted by atomic mass is 79.9. The molecule has 0 radical (unpaired) electrons. The maximum absolute atomic E-state index is 15.6. The minimum atomic E-state index is -1.45. The number of benzene rings is 5. The summed E-state index contributed by atoms with van der Waals surface area (Å²) >= 11 is 3.60. The molecule has 0 unspecified atom stereocenters. The fraction of sp³-hybridized carbons (Fsp3) is 0.214. The predicted molar refractivity (Wildman–Crippen MR) is 204 cm³/mol. The molecule has 7 nitrogen and oxygen atoms in total. The Bertz CT molecular complexity index is 2030. The number of halogens is 1. The summed E-state index contributed by atoms with van der Waals surface area (Å²) in [5, 5.41) is 14.9. The fourth-order valence-corrected chi connectivity index (χ4v) is 7.31. The largest absolute Gasteiger partial charge is 0.497 e. The molecule has 0 N–H and O–H groups in total. The molecule has 7 rings (SSSR count). The van der Waals surface area contributed by atoms with E-state index < -0.39 is 22.6 Å². The maximum Gasteiger partial charge on any atom is 0.338 e. The Morgan fingerprint density at radius 3 is 1.82 bits per heavy atom. The van der Waals surface area contributed by atoms with Crippen molar-refractivity contribution in [1.82, 2.24) is 0 Å². The number of carbonyl (C=O) groups is 1. The smallest absolute Gasteiger partial charge is 0.338 e. The molecular formula is C42H39BrN4O3. The summed E-state index contributed by atoms with van der Waals surface area (Å²) in [6.07, 6.45) is 0.650. The van der Waals surface area contributed by atoms with Crippen LogP contribution in [-0.4, -0.2) is 41.2 Å². The van der Waals surface area contributed by atoms with Gasteiger partial charge in [-0.25, -0.2) is 14.8 Å². The quantitative estimate of drug-likeness (QED) is 0.149. The van der Waals surface area contributed by atoms with E-state index in [-0.39, 0.29) is 6.42 Å². The van der Waals surface area contributed by atoms with Gasteiger partial charge >= 0.3 is 5.97 Å². The van der Waals surface area contributed by atoms with Crippen LogP contribution in [0.4, 0.5) is 11.4 Å². The highest BCUT2D eigenvalue weighted by Gasteiger charge is 2.73. The average molecular weight is 728 g/mol. The van der Waals surface area contributed by atoms with Gasteiger partial charge in [0.1, 0.15) is 16.9 Å². The normalized spacial score (nSPS) is 20.1. The van der Waals surface area contributed by atoms with Crippen molar-refractivity contribution in [2.24, 2.45) is 10.2 Å². The van der Waals surface area contributed by atoms with Gasteiger partial charge in [0.2, 0.25) is 0 Å². The van der Waals surface area contributed by atoms with Gasteiger partial charge in [0, 0.05) is 22.9 Å². The van der Waals surface area contributed by atoms with Crippen LogP contribution in [-0.2, 0) is 16.0 Å². The minimum absolute atomic E-state index is 0.285. The molecule has 0 fully saturated rings. The van der Waals surface area contributed by atoms with Crippen LogP contribution < -0.4 is 14.8 Å². The highest BCUT2D eigenvalue weighted by molar-refractivity contribution is 9.10. The van der Waals surface area contributed by atoms with E-state index in [0.717, 1.165) is 44.0 Å². The second-order valence-electron chi connectivity index (χ2n) is 13.6. The second kappa shape index (κ2) is 13.2. The molecule has 0 aromatic heterocycles. The molecule has 2 atom stereocenters. The van der Waals surface area contributed by atoms with Gasteiger partial charge in [-0.05, 0) is 92.6 Å². The van der Waals surface area contributed by atoms with Crippen molar-refractivity contribution in [3.63, 3.8) is 0 Å². The van der Waals surface area contributed by atoms with Gasteiger partial charge in [-0.2, -0.15) is 10.2 Å². The van der Waals surface area contributed by atoms with Crippen LogP contribution >= 0.6 is 15.9 Å². The molecule has 0 saturated heterocycles. The lowest BCUT2D eigenvalue weighted by molar-refractivity contribution is -0.163. The van der Waals surface area contributed by atoms with Crippen molar-refractivity contribution >= 4 is 44.7 Å². The van der Waals surface area contributed by atoms with Crippen molar-refractivity contribution in [3.05, 3.63) is 161 Å². The van der Waals surface area contributed by atoms with Crippen molar-refractivity contribution in [2.45, 2.75) is 50.3 Å². The Morgan fingerprint density at radius 2 is 1.26 bits per heavy atom. The van der Waals surface area contributed by atoms with E-state index >= 15 is 4.79 Å². The number of nitrogens with zero attached hydrogens (tertiary/aromatic N) is 4. The number of carbonyl (C=O) groups excluding carboxylic acids is 1. The van der Waals surface area contributed by atoms with E-state index in [4.69, 9.17) is 19.7 Å². The monoisotopic (exact) mass is 726 g/mol. The number of anilines is 2. The van der Waals surface area contributed by atoms with Crippen LogP contribution in [0.3, 0.4) is 0 Å². The van der Waals surface area contributed by atoms with Crippen LogP contribution in [0.25, 0.3) is 0 Å². The van der Waals surface area contributed by atoms with E-state index in [9.17, 15) is 0 Å². The van der Waals surface area contributed by atoms with Crippen molar-refractivity contribution in [3.8, 4) is 5.75 Å². The van der Waals surface area contributed by atoms with E-state index in [1.165, 1.54) is 0 Å². The number of ether oxygens (including phenoxy) is 2. The zero-order valence-corrected chi connectivity index (χ0v) is 30.2. The molecule has 5 aromatic carbocycles. The highest BCUT2D eigenvalue weighted by Crippen LogP contribution is 2.54. The van der Waals surface area contributed by atoms with Crippen LogP contribution in [0.5, 0.6) is 5.75 Å². The van der Waals surface area contributed by atoms with Gasteiger partial charge in [0.15, 0.2) is 5.54 Å². The summed E-state index contributed by atoms with van der Waals surface area (Å²) in [7, 11) is 1.65. The molecule has 50 heavy (non-hydrogen) atoms. The van der Waals surface area contributed by atoms with E-state index in [1.807, 2.05) is 146 Å². The Kier molecular flexibility index (Phi) is 8.82. The van der Waals surface area contributed by atoms with E-state index in [1.54, 1.807) is 7.11 Å². The van der Waals surface area contributed by atoms with Gasteiger partial charge in [-0.3, -0.25) is 0 Å². The zero-order valence-electron chi connectivity index (χ0n) is 28.6. The molecular weight excluding hydrogens is 688 g/mol. The van der Waals surface area contributed by atoms with Crippen molar-refractivity contribution < 1.29 is 14.3 Å². The summed E-state index contributed by atoms with van der Waals surface area (Å²) in [6, 6.07) is 46.1. The van der Waals surface area contributed by atoms with Gasteiger partial charge in [-0.15, -0.1) is 0 Å². The van der Waals surface area contributed by atoms with Crippen LogP contribution in [0, 0.1) is 0 Å². The Labute approximate surface area is 302 Å². The number of esters is 1.